The predicted molar refractivity (Wildman–Crippen MR) is 71.7 cm³/mol. The van der Waals surface area contributed by atoms with Gasteiger partial charge in [-0.25, -0.2) is 0 Å². The summed E-state index contributed by atoms with van der Waals surface area (Å²) in [5, 5.41) is 1.17. The third-order valence-electron chi connectivity index (χ3n) is 3.06. The van der Waals surface area contributed by atoms with Crippen LogP contribution < -0.4 is 4.74 Å². The number of ether oxygens (including phenoxy) is 1. The molecule has 17 heavy (non-hydrogen) atoms. The highest BCUT2D eigenvalue weighted by Crippen LogP contribution is 2.22. The van der Waals surface area contributed by atoms with Crippen LogP contribution >= 0.6 is 0 Å². The molecule has 1 aromatic heterocycles. The van der Waals surface area contributed by atoms with E-state index in [1.165, 1.54) is 16.6 Å². The zero-order valence-electron chi connectivity index (χ0n) is 10.8. The molecule has 0 aliphatic rings. The standard InChI is InChI=1S/C15H19NO/c1-4-6-14-11(5-2)9-12-10-13(17-3)7-8-15(12)16-14/h7-10H,4-6H2,1-3H3. The average molecular weight is 229 g/mol. The van der Waals surface area contributed by atoms with Gasteiger partial charge in [-0.1, -0.05) is 20.3 Å². The third kappa shape index (κ3) is 2.41. The number of aryl methyl sites for hydroxylation is 2. The summed E-state index contributed by atoms with van der Waals surface area (Å²) < 4.78 is 5.25. The number of fused-ring (bicyclic) bond motifs is 1. The Labute approximate surface area is 103 Å². The molecule has 2 aromatic rings. The second-order valence-corrected chi connectivity index (χ2v) is 4.26. The van der Waals surface area contributed by atoms with Crippen LogP contribution in [0.2, 0.25) is 0 Å². The summed E-state index contributed by atoms with van der Waals surface area (Å²) in [6, 6.07) is 8.30. The minimum absolute atomic E-state index is 0.893. The van der Waals surface area contributed by atoms with Crippen molar-refractivity contribution in [3.05, 3.63) is 35.5 Å². The fraction of sp³-hybridized carbons (Fsp3) is 0.400. The highest BCUT2D eigenvalue weighted by atomic mass is 16.5. The van der Waals surface area contributed by atoms with Crippen LogP contribution in [0.1, 0.15) is 31.5 Å². The van der Waals surface area contributed by atoms with E-state index in [-0.39, 0.29) is 0 Å². The molecule has 0 saturated heterocycles. The van der Waals surface area contributed by atoms with Gasteiger partial charge in [-0.3, -0.25) is 4.98 Å². The van der Waals surface area contributed by atoms with E-state index in [4.69, 9.17) is 9.72 Å². The molecule has 0 bridgehead atoms. The first kappa shape index (κ1) is 11.9. The summed E-state index contributed by atoms with van der Waals surface area (Å²) in [4.78, 5) is 4.76. The van der Waals surface area contributed by atoms with E-state index in [2.05, 4.69) is 26.0 Å². The Morgan fingerprint density at radius 3 is 2.65 bits per heavy atom. The lowest BCUT2D eigenvalue weighted by Gasteiger charge is -2.09. The minimum atomic E-state index is 0.893. The van der Waals surface area contributed by atoms with Gasteiger partial charge >= 0.3 is 0 Å². The minimum Gasteiger partial charge on any atom is -0.497 e. The molecular weight excluding hydrogens is 210 g/mol. The molecule has 0 spiro atoms. The van der Waals surface area contributed by atoms with Crippen molar-refractivity contribution in [3.63, 3.8) is 0 Å². The summed E-state index contributed by atoms with van der Waals surface area (Å²) in [6.07, 6.45) is 3.24. The maximum absolute atomic E-state index is 5.25. The zero-order valence-corrected chi connectivity index (χ0v) is 10.8. The Bertz CT molecular complexity index is 520. The fourth-order valence-corrected chi connectivity index (χ4v) is 2.12. The molecule has 2 nitrogen and oxygen atoms in total. The van der Waals surface area contributed by atoms with Crippen LogP contribution in [0, 0.1) is 0 Å². The third-order valence-corrected chi connectivity index (χ3v) is 3.06. The zero-order chi connectivity index (χ0) is 12.3. The van der Waals surface area contributed by atoms with Gasteiger partial charge in [-0.15, -0.1) is 0 Å². The summed E-state index contributed by atoms with van der Waals surface area (Å²) in [7, 11) is 1.70. The molecular formula is C15H19NO. The maximum atomic E-state index is 5.25. The predicted octanol–water partition coefficient (Wildman–Crippen LogP) is 3.76. The largest absolute Gasteiger partial charge is 0.497 e. The van der Waals surface area contributed by atoms with Crippen molar-refractivity contribution in [1.29, 1.82) is 0 Å². The Morgan fingerprint density at radius 1 is 1.18 bits per heavy atom. The summed E-state index contributed by atoms with van der Waals surface area (Å²) >= 11 is 0. The summed E-state index contributed by atoms with van der Waals surface area (Å²) in [6.45, 7) is 4.38. The molecule has 1 heterocycles. The van der Waals surface area contributed by atoms with Gasteiger partial charge in [0.05, 0.1) is 12.6 Å². The molecule has 0 unspecified atom stereocenters. The second-order valence-electron chi connectivity index (χ2n) is 4.26. The van der Waals surface area contributed by atoms with Crippen molar-refractivity contribution in [2.45, 2.75) is 33.1 Å². The Morgan fingerprint density at radius 2 is 2.00 bits per heavy atom. The number of hydrogen-bond acceptors (Lipinski definition) is 2. The number of nitrogens with zero attached hydrogens (tertiary/aromatic N) is 1. The van der Waals surface area contributed by atoms with Gasteiger partial charge in [-0.2, -0.15) is 0 Å². The van der Waals surface area contributed by atoms with Gasteiger partial charge in [-0.05, 0) is 42.7 Å². The van der Waals surface area contributed by atoms with E-state index in [9.17, 15) is 0 Å². The van der Waals surface area contributed by atoms with Gasteiger partial charge in [0.25, 0.3) is 0 Å². The molecule has 2 rings (SSSR count). The van der Waals surface area contributed by atoms with Crippen molar-refractivity contribution < 1.29 is 4.74 Å². The Balaban J connectivity index is 2.56. The van der Waals surface area contributed by atoms with Crippen LogP contribution in [0.5, 0.6) is 5.75 Å². The molecule has 0 aliphatic carbocycles. The Kier molecular flexibility index (Phi) is 3.62. The lowest BCUT2D eigenvalue weighted by atomic mass is 10.0. The topological polar surface area (TPSA) is 22.1 Å². The normalized spacial score (nSPS) is 10.8. The maximum Gasteiger partial charge on any atom is 0.119 e. The number of rotatable bonds is 4. The quantitative estimate of drug-likeness (QED) is 0.796. The molecule has 1 aromatic carbocycles. The number of methoxy groups -OCH3 is 1. The second kappa shape index (κ2) is 5.17. The number of aromatic nitrogens is 1. The van der Waals surface area contributed by atoms with Crippen LogP contribution in [0.25, 0.3) is 10.9 Å². The van der Waals surface area contributed by atoms with E-state index in [1.54, 1.807) is 7.11 Å². The van der Waals surface area contributed by atoms with Crippen LogP contribution in [0.4, 0.5) is 0 Å². The molecule has 0 atom stereocenters. The van der Waals surface area contributed by atoms with E-state index < -0.39 is 0 Å². The lowest BCUT2D eigenvalue weighted by Crippen LogP contribution is -1.97. The van der Waals surface area contributed by atoms with Gasteiger partial charge < -0.3 is 4.74 Å². The Hall–Kier alpha value is -1.57. The number of pyridine rings is 1. The smallest absolute Gasteiger partial charge is 0.119 e. The number of benzene rings is 1. The first-order valence-electron chi connectivity index (χ1n) is 6.25. The summed E-state index contributed by atoms with van der Waals surface area (Å²) in [5.41, 5.74) is 3.66. The molecule has 2 heteroatoms. The van der Waals surface area contributed by atoms with E-state index in [1.807, 2.05) is 12.1 Å². The van der Waals surface area contributed by atoms with Crippen LogP contribution in [-0.2, 0) is 12.8 Å². The van der Waals surface area contributed by atoms with Crippen LogP contribution in [0.3, 0.4) is 0 Å². The van der Waals surface area contributed by atoms with Gasteiger partial charge in [0.1, 0.15) is 5.75 Å². The first-order valence-corrected chi connectivity index (χ1v) is 6.25. The van der Waals surface area contributed by atoms with E-state index in [0.29, 0.717) is 0 Å². The van der Waals surface area contributed by atoms with Gasteiger partial charge in [0, 0.05) is 11.1 Å². The highest BCUT2D eigenvalue weighted by molar-refractivity contribution is 5.81. The molecule has 0 amide bonds. The first-order chi connectivity index (χ1) is 8.28. The van der Waals surface area contributed by atoms with E-state index in [0.717, 1.165) is 30.5 Å². The van der Waals surface area contributed by atoms with Gasteiger partial charge in [0.2, 0.25) is 0 Å². The SMILES string of the molecule is CCCc1nc2ccc(OC)cc2cc1CC. The highest BCUT2D eigenvalue weighted by Gasteiger charge is 2.05. The van der Waals surface area contributed by atoms with Crippen molar-refractivity contribution in [2.75, 3.05) is 7.11 Å². The molecule has 0 radical (unpaired) electrons. The molecule has 90 valence electrons. The molecule has 0 aliphatic heterocycles. The van der Waals surface area contributed by atoms with E-state index >= 15 is 0 Å². The van der Waals surface area contributed by atoms with Crippen LogP contribution in [0.15, 0.2) is 24.3 Å². The van der Waals surface area contributed by atoms with Crippen molar-refractivity contribution in [2.24, 2.45) is 0 Å². The van der Waals surface area contributed by atoms with Crippen molar-refractivity contribution >= 4 is 10.9 Å². The average Bonchev–Trinajstić information content (AvgIpc) is 2.37. The van der Waals surface area contributed by atoms with Crippen LogP contribution in [-0.4, -0.2) is 12.1 Å². The fourth-order valence-electron chi connectivity index (χ4n) is 2.12. The summed E-state index contributed by atoms with van der Waals surface area (Å²) in [5.74, 6) is 0.893. The van der Waals surface area contributed by atoms with Gasteiger partial charge in [0.15, 0.2) is 0 Å². The number of hydrogen-bond donors (Lipinski definition) is 0. The van der Waals surface area contributed by atoms with Crippen molar-refractivity contribution in [3.8, 4) is 5.75 Å². The molecule has 0 N–H and O–H groups in total. The van der Waals surface area contributed by atoms with Crippen molar-refractivity contribution in [1.82, 2.24) is 4.98 Å². The molecule has 0 saturated carbocycles. The monoisotopic (exact) mass is 229 g/mol. The lowest BCUT2D eigenvalue weighted by molar-refractivity contribution is 0.415. The molecule has 0 fully saturated rings.